The lowest BCUT2D eigenvalue weighted by molar-refractivity contribution is 0.390. The Balaban J connectivity index is 0.000000360. The van der Waals surface area contributed by atoms with Crippen LogP contribution in [0.2, 0.25) is 0 Å². The van der Waals surface area contributed by atoms with Gasteiger partial charge in [0.25, 0.3) is 0 Å². The van der Waals surface area contributed by atoms with Crippen LogP contribution < -0.4 is 10.6 Å². The average Bonchev–Trinajstić information content (AvgIpc) is 1.31. The highest BCUT2D eigenvalue weighted by Gasteiger charge is 2.11. The van der Waals surface area contributed by atoms with E-state index in [2.05, 4.69) is 10.6 Å². The summed E-state index contributed by atoms with van der Waals surface area (Å²) in [6.45, 7) is 2.30. The second kappa shape index (κ2) is 3.24. The highest BCUT2D eigenvalue weighted by Crippen LogP contribution is 1.85. The van der Waals surface area contributed by atoms with Crippen LogP contribution in [0.25, 0.3) is 0 Å². The van der Waals surface area contributed by atoms with E-state index >= 15 is 0 Å². The first-order valence-electron chi connectivity index (χ1n) is 2.31. The highest BCUT2D eigenvalue weighted by atomic mass is 35.5. The van der Waals surface area contributed by atoms with Crippen molar-refractivity contribution in [1.82, 2.24) is 10.6 Å². The molecule has 0 bridgehead atoms. The Morgan fingerprint density at radius 2 is 2.14 bits per heavy atom. The molecule has 3 heteroatoms. The molecule has 0 aromatic rings. The van der Waals surface area contributed by atoms with Crippen molar-refractivity contribution in [3.8, 4) is 0 Å². The molecule has 44 valence electrons. The van der Waals surface area contributed by atoms with E-state index in [1.165, 1.54) is 0 Å². The molecule has 1 heterocycles. The number of nitrogens with one attached hydrogen (secondary N) is 2. The third-order valence-corrected chi connectivity index (χ3v) is 1.19. The van der Waals surface area contributed by atoms with Crippen LogP contribution in [0.4, 0.5) is 0 Å². The molecule has 0 unspecified atom stereocenters. The van der Waals surface area contributed by atoms with Gasteiger partial charge in [-0.25, -0.2) is 0 Å². The number of rotatable bonds is 1. The van der Waals surface area contributed by atoms with Crippen LogP contribution in [0.1, 0.15) is 0 Å². The van der Waals surface area contributed by atoms with E-state index in [4.69, 9.17) is 0 Å². The summed E-state index contributed by atoms with van der Waals surface area (Å²) in [6, 6.07) is 0.755. The summed E-state index contributed by atoms with van der Waals surface area (Å²) < 4.78 is 0. The Hall–Kier alpha value is 0.210. The van der Waals surface area contributed by atoms with Crippen LogP contribution in [0.3, 0.4) is 0 Å². The van der Waals surface area contributed by atoms with Gasteiger partial charge in [0.1, 0.15) is 0 Å². The predicted molar refractivity (Wildman–Crippen MR) is 33.0 cm³/mol. The van der Waals surface area contributed by atoms with Gasteiger partial charge >= 0.3 is 0 Å². The van der Waals surface area contributed by atoms with Crippen molar-refractivity contribution < 1.29 is 0 Å². The third-order valence-electron chi connectivity index (χ3n) is 1.19. The molecule has 1 fully saturated rings. The summed E-state index contributed by atoms with van der Waals surface area (Å²) in [5, 5.41) is 6.29. The lowest BCUT2D eigenvalue weighted by Gasteiger charge is -2.25. The van der Waals surface area contributed by atoms with Gasteiger partial charge in [0.05, 0.1) is 0 Å². The molecule has 0 radical (unpaired) electrons. The summed E-state index contributed by atoms with van der Waals surface area (Å²) in [7, 11) is 1.99. The molecule has 1 saturated heterocycles. The second-order valence-electron chi connectivity index (χ2n) is 1.64. The molecule has 7 heavy (non-hydrogen) atoms. The Kier molecular flexibility index (Phi) is 3.34. The van der Waals surface area contributed by atoms with Crippen LogP contribution >= 0.6 is 12.4 Å². The van der Waals surface area contributed by atoms with Crippen LogP contribution in [0.15, 0.2) is 0 Å². The van der Waals surface area contributed by atoms with E-state index in [1.807, 2.05) is 7.05 Å². The van der Waals surface area contributed by atoms with E-state index in [9.17, 15) is 0 Å². The van der Waals surface area contributed by atoms with Crippen molar-refractivity contribution >= 4 is 12.4 Å². The van der Waals surface area contributed by atoms with Crippen LogP contribution in [0, 0.1) is 0 Å². The number of hydrogen-bond acceptors (Lipinski definition) is 2. The zero-order valence-electron chi connectivity index (χ0n) is 4.40. The van der Waals surface area contributed by atoms with E-state index in [0.717, 1.165) is 19.1 Å². The van der Waals surface area contributed by atoms with Crippen molar-refractivity contribution in [1.29, 1.82) is 0 Å². The van der Waals surface area contributed by atoms with Crippen molar-refractivity contribution in [2.45, 2.75) is 6.04 Å². The second-order valence-corrected chi connectivity index (χ2v) is 1.64. The molecule has 0 amide bonds. The van der Waals surface area contributed by atoms with Gasteiger partial charge in [-0.3, -0.25) is 0 Å². The first kappa shape index (κ1) is 7.21. The number of hydrogen-bond donors (Lipinski definition) is 2. The zero-order chi connectivity index (χ0) is 4.41. The van der Waals surface area contributed by atoms with Gasteiger partial charge < -0.3 is 10.6 Å². The standard InChI is InChI=1S/C4H10N2.ClH/c1-5-4-2-6-3-4;/h4-6H,2-3H2,1H3;1H. The van der Waals surface area contributed by atoms with Gasteiger partial charge in [-0.05, 0) is 7.05 Å². The van der Waals surface area contributed by atoms with Crippen molar-refractivity contribution in [2.75, 3.05) is 20.1 Å². The first-order valence-corrected chi connectivity index (χ1v) is 2.31. The monoisotopic (exact) mass is 122 g/mol. The molecular weight excluding hydrogens is 112 g/mol. The maximum atomic E-state index is 3.15. The Morgan fingerprint density at radius 3 is 2.14 bits per heavy atom. The molecule has 0 atom stereocenters. The van der Waals surface area contributed by atoms with E-state index in [-0.39, 0.29) is 12.4 Å². The summed E-state index contributed by atoms with van der Waals surface area (Å²) in [5.41, 5.74) is 0. The number of likely N-dealkylation sites (N-methyl/N-ethyl adjacent to an activating group) is 1. The fraction of sp³-hybridized carbons (Fsp3) is 1.00. The number of halogens is 1. The fourth-order valence-corrected chi connectivity index (χ4v) is 0.493. The van der Waals surface area contributed by atoms with Gasteiger partial charge in [-0.2, -0.15) is 0 Å². The zero-order valence-corrected chi connectivity index (χ0v) is 5.22. The predicted octanol–water partition coefficient (Wildman–Crippen LogP) is -0.401. The van der Waals surface area contributed by atoms with Gasteiger partial charge in [0.15, 0.2) is 0 Å². The lowest BCUT2D eigenvalue weighted by Crippen LogP contribution is -2.54. The maximum absolute atomic E-state index is 3.15. The molecule has 0 spiro atoms. The average molecular weight is 123 g/mol. The van der Waals surface area contributed by atoms with Gasteiger partial charge in [0, 0.05) is 19.1 Å². The summed E-state index contributed by atoms with van der Waals surface area (Å²) in [4.78, 5) is 0. The molecule has 2 N–H and O–H groups in total. The Labute approximate surface area is 50.1 Å². The SMILES string of the molecule is CNC1CNC1.Cl. The van der Waals surface area contributed by atoms with Gasteiger partial charge in [0.2, 0.25) is 0 Å². The van der Waals surface area contributed by atoms with Crippen molar-refractivity contribution in [2.24, 2.45) is 0 Å². The fourth-order valence-electron chi connectivity index (χ4n) is 0.493. The molecular formula is C4H11ClN2. The van der Waals surface area contributed by atoms with Crippen LogP contribution in [-0.4, -0.2) is 26.2 Å². The normalized spacial score (nSPS) is 20.1. The van der Waals surface area contributed by atoms with Gasteiger partial charge in [-0.15, -0.1) is 12.4 Å². The molecule has 2 nitrogen and oxygen atoms in total. The van der Waals surface area contributed by atoms with Crippen LogP contribution in [-0.2, 0) is 0 Å². The maximum Gasteiger partial charge on any atom is 0.0314 e. The molecule has 1 aliphatic rings. The molecule has 0 saturated carbocycles. The molecule has 1 rings (SSSR count). The largest absolute Gasteiger partial charge is 0.315 e. The smallest absolute Gasteiger partial charge is 0.0314 e. The Bertz CT molecular complexity index is 42.2. The minimum absolute atomic E-state index is 0. The third kappa shape index (κ3) is 1.63. The minimum Gasteiger partial charge on any atom is -0.315 e. The summed E-state index contributed by atoms with van der Waals surface area (Å²) >= 11 is 0. The van der Waals surface area contributed by atoms with Crippen LogP contribution in [0.5, 0.6) is 0 Å². The topological polar surface area (TPSA) is 24.1 Å². The lowest BCUT2D eigenvalue weighted by atomic mass is 10.2. The van der Waals surface area contributed by atoms with E-state index in [1.54, 1.807) is 0 Å². The quantitative estimate of drug-likeness (QED) is 0.495. The van der Waals surface area contributed by atoms with Gasteiger partial charge in [-0.1, -0.05) is 0 Å². The Morgan fingerprint density at radius 1 is 1.57 bits per heavy atom. The molecule has 0 aromatic carbocycles. The summed E-state index contributed by atoms with van der Waals surface area (Å²) in [5.74, 6) is 0. The molecule has 0 aromatic heterocycles. The minimum atomic E-state index is 0. The first-order chi connectivity index (χ1) is 2.93. The van der Waals surface area contributed by atoms with E-state index < -0.39 is 0 Å². The van der Waals surface area contributed by atoms with Crippen molar-refractivity contribution in [3.05, 3.63) is 0 Å². The molecule has 0 aliphatic carbocycles. The molecule has 1 aliphatic heterocycles. The summed E-state index contributed by atoms with van der Waals surface area (Å²) in [6.07, 6.45) is 0. The van der Waals surface area contributed by atoms with Crippen molar-refractivity contribution in [3.63, 3.8) is 0 Å². The van der Waals surface area contributed by atoms with E-state index in [0.29, 0.717) is 0 Å². The highest BCUT2D eigenvalue weighted by molar-refractivity contribution is 5.85.